The van der Waals surface area contributed by atoms with Gasteiger partial charge >= 0.3 is 0 Å². The summed E-state index contributed by atoms with van der Waals surface area (Å²) >= 11 is 0. The van der Waals surface area contributed by atoms with Gasteiger partial charge in [0.1, 0.15) is 11.6 Å². The van der Waals surface area contributed by atoms with Gasteiger partial charge in [0.2, 0.25) is 0 Å². The van der Waals surface area contributed by atoms with Gasteiger partial charge < -0.3 is 10.5 Å². The fourth-order valence-corrected chi connectivity index (χ4v) is 1.02. The third kappa shape index (κ3) is 2.47. The maximum absolute atomic E-state index is 5.63. The van der Waals surface area contributed by atoms with Crippen molar-refractivity contribution in [2.75, 3.05) is 13.7 Å². The van der Waals surface area contributed by atoms with E-state index in [1.807, 2.05) is 31.2 Å². The molecule has 0 unspecified atom stereocenters. The lowest BCUT2D eigenvalue weighted by Gasteiger charge is -2.03. The molecule has 0 aliphatic heterocycles. The predicted octanol–water partition coefficient (Wildman–Crippen LogP) is 1.42. The van der Waals surface area contributed by atoms with Crippen LogP contribution in [0.4, 0.5) is 0 Å². The largest absolute Gasteiger partial charge is 0.494 e. The zero-order valence-corrected chi connectivity index (χ0v) is 7.95. The van der Waals surface area contributed by atoms with Crippen molar-refractivity contribution < 1.29 is 4.74 Å². The van der Waals surface area contributed by atoms with Gasteiger partial charge in [0.25, 0.3) is 0 Å². The molecule has 0 amide bonds. The van der Waals surface area contributed by atoms with E-state index in [2.05, 4.69) is 4.99 Å². The van der Waals surface area contributed by atoms with Crippen LogP contribution in [-0.2, 0) is 0 Å². The molecule has 0 saturated carbocycles. The van der Waals surface area contributed by atoms with Gasteiger partial charge in [-0.3, -0.25) is 4.99 Å². The Balaban J connectivity index is 2.81. The van der Waals surface area contributed by atoms with Crippen molar-refractivity contribution in [1.29, 1.82) is 0 Å². The quantitative estimate of drug-likeness (QED) is 0.562. The molecular formula is C10H14N2O. The Morgan fingerprint density at radius 1 is 1.38 bits per heavy atom. The first-order valence-electron chi connectivity index (χ1n) is 4.23. The second-order valence-corrected chi connectivity index (χ2v) is 2.57. The zero-order chi connectivity index (χ0) is 9.68. The van der Waals surface area contributed by atoms with E-state index in [9.17, 15) is 0 Å². The monoisotopic (exact) mass is 178 g/mol. The van der Waals surface area contributed by atoms with E-state index in [0.717, 1.165) is 11.3 Å². The SMILES string of the molecule is CCOc1ccc(C(N)=NC)cc1. The first kappa shape index (κ1) is 9.58. The summed E-state index contributed by atoms with van der Waals surface area (Å²) in [4.78, 5) is 3.89. The van der Waals surface area contributed by atoms with Crippen molar-refractivity contribution in [2.45, 2.75) is 6.92 Å². The second kappa shape index (κ2) is 4.50. The lowest BCUT2D eigenvalue weighted by Crippen LogP contribution is -2.12. The molecule has 0 aliphatic rings. The number of nitrogens with two attached hydrogens (primary N) is 1. The van der Waals surface area contributed by atoms with Crippen LogP contribution < -0.4 is 10.5 Å². The van der Waals surface area contributed by atoms with Crippen LogP contribution in [0.1, 0.15) is 12.5 Å². The third-order valence-corrected chi connectivity index (χ3v) is 1.70. The number of benzene rings is 1. The van der Waals surface area contributed by atoms with Gasteiger partial charge in [0.15, 0.2) is 0 Å². The van der Waals surface area contributed by atoms with Crippen molar-refractivity contribution in [3.05, 3.63) is 29.8 Å². The van der Waals surface area contributed by atoms with Crippen LogP contribution in [0.25, 0.3) is 0 Å². The Labute approximate surface area is 78.2 Å². The molecule has 1 aromatic carbocycles. The number of nitrogens with zero attached hydrogens (tertiary/aromatic N) is 1. The molecule has 0 aliphatic carbocycles. The van der Waals surface area contributed by atoms with Gasteiger partial charge in [-0.15, -0.1) is 0 Å². The maximum Gasteiger partial charge on any atom is 0.125 e. The first-order valence-corrected chi connectivity index (χ1v) is 4.23. The van der Waals surface area contributed by atoms with Gasteiger partial charge in [0.05, 0.1) is 6.61 Å². The Bertz CT molecular complexity index is 290. The Morgan fingerprint density at radius 2 is 2.00 bits per heavy atom. The number of ether oxygens (including phenoxy) is 1. The van der Waals surface area contributed by atoms with Crippen molar-refractivity contribution in [2.24, 2.45) is 10.7 Å². The van der Waals surface area contributed by atoms with Crippen LogP contribution in [0.2, 0.25) is 0 Å². The fourth-order valence-electron chi connectivity index (χ4n) is 1.02. The summed E-state index contributed by atoms with van der Waals surface area (Å²) in [6, 6.07) is 7.56. The highest BCUT2D eigenvalue weighted by Crippen LogP contribution is 2.11. The minimum absolute atomic E-state index is 0.544. The summed E-state index contributed by atoms with van der Waals surface area (Å²) in [6.45, 7) is 2.63. The minimum atomic E-state index is 0.544. The minimum Gasteiger partial charge on any atom is -0.494 e. The predicted molar refractivity (Wildman–Crippen MR) is 54.3 cm³/mol. The van der Waals surface area contributed by atoms with E-state index in [4.69, 9.17) is 10.5 Å². The molecule has 1 aromatic rings. The molecule has 0 saturated heterocycles. The molecule has 0 bridgehead atoms. The summed E-state index contributed by atoms with van der Waals surface area (Å²) in [7, 11) is 1.67. The Morgan fingerprint density at radius 3 is 2.46 bits per heavy atom. The molecule has 0 atom stereocenters. The molecule has 3 heteroatoms. The molecule has 0 heterocycles. The van der Waals surface area contributed by atoms with Crippen LogP contribution in [-0.4, -0.2) is 19.5 Å². The van der Waals surface area contributed by atoms with E-state index in [1.54, 1.807) is 7.05 Å². The fraction of sp³-hybridized carbons (Fsp3) is 0.300. The van der Waals surface area contributed by atoms with Crippen LogP contribution >= 0.6 is 0 Å². The normalized spacial score (nSPS) is 11.4. The maximum atomic E-state index is 5.63. The van der Waals surface area contributed by atoms with Crippen molar-refractivity contribution >= 4 is 5.84 Å². The summed E-state index contributed by atoms with van der Waals surface area (Å²) in [5.41, 5.74) is 6.55. The number of hydrogen-bond donors (Lipinski definition) is 1. The van der Waals surface area contributed by atoms with E-state index in [0.29, 0.717) is 12.4 Å². The molecule has 3 nitrogen and oxygen atoms in total. The topological polar surface area (TPSA) is 47.6 Å². The number of aliphatic imine (C=N–C) groups is 1. The number of amidine groups is 1. The standard InChI is InChI=1S/C10H14N2O/c1-3-13-9-6-4-8(5-7-9)10(11)12-2/h4-7H,3H2,1-2H3,(H2,11,12). The number of rotatable bonds is 3. The first-order chi connectivity index (χ1) is 6.27. The zero-order valence-electron chi connectivity index (χ0n) is 7.95. The van der Waals surface area contributed by atoms with Crippen molar-refractivity contribution in [1.82, 2.24) is 0 Å². The molecule has 70 valence electrons. The second-order valence-electron chi connectivity index (χ2n) is 2.57. The smallest absolute Gasteiger partial charge is 0.125 e. The van der Waals surface area contributed by atoms with E-state index < -0.39 is 0 Å². The van der Waals surface area contributed by atoms with E-state index in [1.165, 1.54) is 0 Å². The van der Waals surface area contributed by atoms with Gasteiger partial charge in [-0.25, -0.2) is 0 Å². The molecule has 0 fully saturated rings. The van der Waals surface area contributed by atoms with Gasteiger partial charge in [-0.05, 0) is 31.2 Å². The van der Waals surface area contributed by atoms with Crippen LogP contribution in [0.15, 0.2) is 29.3 Å². The lowest BCUT2D eigenvalue weighted by atomic mass is 10.2. The highest BCUT2D eigenvalue weighted by molar-refractivity contribution is 5.97. The molecule has 0 spiro atoms. The molecule has 0 radical (unpaired) electrons. The summed E-state index contributed by atoms with van der Waals surface area (Å²) in [5.74, 6) is 1.40. The molecule has 2 N–H and O–H groups in total. The average Bonchev–Trinajstić information content (AvgIpc) is 2.18. The van der Waals surface area contributed by atoms with Crippen LogP contribution in [0, 0.1) is 0 Å². The average molecular weight is 178 g/mol. The summed E-state index contributed by atoms with van der Waals surface area (Å²) in [6.07, 6.45) is 0. The van der Waals surface area contributed by atoms with Crippen LogP contribution in [0.5, 0.6) is 5.75 Å². The van der Waals surface area contributed by atoms with Gasteiger partial charge in [-0.2, -0.15) is 0 Å². The Hall–Kier alpha value is -1.51. The molecule has 13 heavy (non-hydrogen) atoms. The Kier molecular flexibility index (Phi) is 3.31. The van der Waals surface area contributed by atoms with Crippen molar-refractivity contribution in [3.63, 3.8) is 0 Å². The third-order valence-electron chi connectivity index (χ3n) is 1.70. The van der Waals surface area contributed by atoms with E-state index >= 15 is 0 Å². The number of hydrogen-bond acceptors (Lipinski definition) is 2. The molecule has 0 aromatic heterocycles. The highest BCUT2D eigenvalue weighted by Gasteiger charge is 1.97. The summed E-state index contributed by atoms with van der Waals surface area (Å²) < 4.78 is 5.29. The highest BCUT2D eigenvalue weighted by atomic mass is 16.5. The van der Waals surface area contributed by atoms with Gasteiger partial charge in [-0.1, -0.05) is 0 Å². The van der Waals surface area contributed by atoms with Crippen LogP contribution in [0.3, 0.4) is 0 Å². The summed E-state index contributed by atoms with van der Waals surface area (Å²) in [5, 5.41) is 0. The molecule has 1 rings (SSSR count). The van der Waals surface area contributed by atoms with Crippen molar-refractivity contribution in [3.8, 4) is 5.75 Å². The van der Waals surface area contributed by atoms with Gasteiger partial charge in [0, 0.05) is 12.6 Å². The molecular weight excluding hydrogens is 164 g/mol. The van der Waals surface area contributed by atoms with E-state index in [-0.39, 0.29) is 0 Å². The lowest BCUT2D eigenvalue weighted by molar-refractivity contribution is 0.340.